The van der Waals surface area contributed by atoms with Crippen molar-refractivity contribution in [3.8, 4) is 6.07 Å². The standard InChI is InChI=1S/C14H21N3S/c1-14(2,3)13-16-11(10-18-13)12(9-15)17-7-5-4-6-8-17/h10,12H,4-8H2,1-3H3. The molecule has 2 rings (SSSR count). The Morgan fingerprint density at radius 1 is 1.33 bits per heavy atom. The minimum Gasteiger partial charge on any atom is -0.283 e. The van der Waals surface area contributed by atoms with Crippen LogP contribution in [0.4, 0.5) is 0 Å². The molecular formula is C14H21N3S. The van der Waals surface area contributed by atoms with Gasteiger partial charge in [-0.3, -0.25) is 4.90 Å². The largest absolute Gasteiger partial charge is 0.283 e. The fourth-order valence-electron chi connectivity index (χ4n) is 2.27. The Morgan fingerprint density at radius 3 is 2.50 bits per heavy atom. The van der Waals surface area contributed by atoms with Gasteiger partial charge in [0.2, 0.25) is 0 Å². The molecule has 1 unspecified atom stereocenters. The molecule has 1 fully saturated rings. The predicted octanol–water partition coefficient (Wildman–Crippen LogP) is 3.49. The predicted molar refractivity (Wildman–Crippen MR) is 74.6 cm³/mol. The molecule has 0 radical (unpaired) electrons. The monoisotopic (exact) mass is 263 g/mol. The lowest BCUT2D eigenvalue weighted by Crippen LogP contribution is -2.33. The molecule has 0 aromatic carbocycles. The molecule has 0 spiro atoms. The van der Waals surface area contributed by atoms with Crippen molar-refractivity contribution in [2.24, 2.45) is 0 Å². The minimum absolute atomic E-state index is 0.0742. The molecule has 1 saturated heterocycles. The van der Waals surface area contributed by atoms with Crippen molar-refractivity contribution in [3.63, 3.8) is 0 Å². The Morgan fingerprint density at radius 2 is 2.00 bits per heavy atom. The number of hydrogen-bond donors (Lipinski definition) is 0. The fourth-order valence-corrected chi connectivity index (χ4v) is 3.19. The third-order valence-electron chi connectivity index (χ3n) is 3.32. The van der Waals surface area contributed by atoms with Crippen LogP contribution >= 0.6 is 11.3 Å². The summed E-state index contributed by atoms with van der Waals surface area (Å²) >= 11 is 1.68. The van der Waals surface area contributed by atoms with Crippen molar-refractivity contribution in [2.75, 3.05) is 13.1 Å². The van der Waals surface area contributed by atoms with Gasteiger partial charge in [0.1, 0.15) is 6.04 Å². The first kappa shape index (κ1) is 13.5. The molecule has 0 bridgehead atoms. The van der Waals surface area contributed by atoms with Gasteiger partial charge in [-0.05, 0) is 25.9 Å². The molecule has 0 saturated carbocycles. The molecule has 1 aliphatic heterocycles. The maximum absolute atomic E-state index is 9.42. The van der Waals surface area contributed by atoms with Crippen molar-refractivity contribution >= 4 is 11.3 Å². The van der Waals surface area contributed by atoms with Gasteiger partial charge in [0.15, 0.2) is 0 Å². The van der Waals surface area contributed by atoms with Crippen LogP contribution in [0, 0.1) is 11.3 Å². The number of piperidine rings is 1. The quantitative estimate of drug-likeness (QED) is 0.820. The van der Waals surface area contributed by atoms with Gasteiger partial charge in [-0.25, -0.2) is 4.98 Å². The molecule has 1 atom stereocenters. The van der Waals surface area contributed by atoms with Crippen LogP contribution in [0.15, 0.2) is 5.38 Å². The second-order valence-electron chi connectivity index (χ2n) is 5.96. The van der Waals surface area contributed by atoms with Crippen LogP contribution in [-0.2, 0) is 5.41 Å². The normalized spacial score (nSPS) is 19.4. The highest BCUT2D eigenvalue weighted by atomic mass is 32.1. The van der Waals surface area contributed by atoms with Gasteiger partial charge in [0.25, 0.3) is 0 Å². The lowest BCUT2D eigenvalue weighted by molar-refractivity contribution is 0.193. The number of aromatic nitrogens is 1. The summed E-state index contributed by atoms with van der Waals surface area (Å²) in [6, 6.07) is 2.27. The summed E-state index contributed by atoms with van der Waals surface area (Å²) in [6.45, 7) is 8.55. The van der Waals surface area contributed by atoms with Gasteiger partial charge in [0.05, 0.1) is 16.8 Å². The van der Waals surface area contributed by atoms with E-state index in [0.717, 1.165) is 23.8 Å². The molecule has 1 aromatic heterocycles. The summed E-state index contributed by atoms with van der Waals surface area (Å²) in [5.74, 6) is 0. The average Bonchev–Trinajstić information content (AvgIpc) is 2.81. The van der Waals surface area contributed by atoms with Crippen LogP contribution < -0.4 is 0 Å². The number of hydrogen-bond acceptors (Lipinski definition) is 4. The summed E-state index contributed by atoms with van der Waals surface area (Å²) in [5.41, 5.74) is 1.01. The SMILES string of the molecule is CC(C)(C)c1nc(C(C#N)N2CCCCC2)cs1. The fraction of sp³-hybridized carbons (Fsp3) is 0.714. The Kier molecular flexibility index (Phi) is 4.04. The molecular weight excluding hydrogens is 242 g/mol. The second kappa shape index (κ2) is 5.38. The van der Waals surface area contributed by atoms with Gasteiger partial charge in [-0.1, -0.05) is 27.2 Å². The summed E-state index contributed by atoms with van der Waals surface area (Å²) in [5, 5.41) is 12.6. The van der Waals surface area contributed by atoms with E-state index in [1.165, 1.54) is 19.3 Å². The Bertz CT molecular complexity index is 433. The van der Waals surface area contributed by atoms with Gasteiger partial charge in [-0.15, -0.1) is 11.3 Å². The zero-order valence-electron chi connectivity index (χ0n) is 11.4. The maximum atomic E-state index is 9.42. The van der Waals surface area contributed by atoms with Gasteiger partial charge >= 0.3 is 0 Å². The molecule has 2 heterocycles. The van der Waals surface area contributed by atoms with Crippen LogP contribution in [0.3, 0.4) is 0 Å². The van der Waals surface area contributed by atoms with E-state index in [0.29, 0.717) is 0 Å². The molecule has 4 heteroatoms. The first-order valence-corrected chi connectivity index (χ1v) is 7.50. The number of likely N-dealkylation sites (tertiary alicyclic amines) is 1. The zero-order chi connectivity index (χ0) is 13.2. The zero-order valence-corrected chi connectivity index (χ0v) is 12.3. The van der Waals surface area contributed by atoms with Gasteiger partial charge in [0, 0.05) is 10.8 Å². The highest BCUT2D eigenvalue weighted by molar-refractivity contribution is 7.09. The first-order valence-electron chi connectivity index (χ1n) is 6.62. The summed E-state index contributed by atoms with van der Waals surface area (Å²) in [4.78, 5) is 6.95. The second-order valence-corrected chi connectivity index (χ2v) is 6.81. The number of rotatable bonds is 2. The molecule has 98 valence electrons. The first-order chi connectivity index (χ1) is 8.52. The molecule has 0 aliphatic carbocycles. The summed E-state index contributed by atoms with van der Waals surface area (Å²) in [6.07, 6.45) is 3.70. The van der Waals surface area contributed by atoms with Crippen LogP contribution in [0.5, 0.6) is 0 Å². The highest BCUT2D eigenvalue weighted by Gasteiger charge is 2.26. The Balaban J connectivity index is 2.18. The van der Waals surface area contributed by atoms with Crippen LogP contribution in [0.2, 0.25) is 0 Å². The lowest BCUT2D eigenvalue weighted by Gasteiger charge is -2.29. The average molecular weight is 263 g/mol. The summed E-state index contributed by atoms with van der Waals surface area (Å²) < 4.78 is 0. The molecule has 1 aromatic rings. The van der Waals surface area contributed by atoms with Crippen molar-refractivity contribution in [1.29, 1.82) is 5.26 Å². The van der Waals surface area contributed by atoms with Crippen molar-refractivity contribution in [2.45, 2.75) is 51.5 Å². The van der Waals surface area contributed by atoms with Crippen molar-refractivity contribution < 1.29 is 0 Å². The Hall–Kier alpha value is -0.920. The van der Waals surface area contributed by atoms with Crippen molar-refractivity contribution in [3.05, 3.63) is 16.1 Å². The van der Waals surface area contributed by atoms with E-state index < -0.39 is 0 Å². The molecule has 3 nitrogen and oxygen atoms in total. The van der Waals surface area contributed by atoms with E-state index >= 15 is 0 Å². The molecule has 1 aliphatic rings. The number of nitrogens with zero attached hydrogens (tertiary/aromatic N) is 3. The van der Waals surface area contributed by atoms with E-state index in [-0.39, 0.29) is 11.5 Å². The number of nitriles is 1. The molecule has 0 N–H and O–H groups in total. The van der Waals surface area contributed by atoms with E-state index in [1.807, 2.05) is 0 Å². The molecule has 0 amide bonds. The van der Waals surface area contributed by atoms with E-state index in [2.05, 4.69) is 42.1 Å². The van der Waals surface area contributed by atoms with Crippen molar-refractivity contribution in [1.82, 2.24) is 9.88 Å². The van der Waals surface area contributed by atoms with E-state index in [9.17, 15) is 5.26 Å². The van der Waals surface area contributed by atoms with E-state index in [4.69, 9.17) is 0 Å². The van der Waals surface area contributed by atoms with E-state index in [1.54, 1.807) is 11.3 Å². The van der Waals surface area contributed by atoms with Crippen LogP contribution in [-0.4, -0.2) is 23.0 Å². The Labute approximate surface area is 113 Å². The van der Waals surface area contributed by atoms with Crippen LogP contribution in [0.25, 0.3) is 0 Å². The number of thiazole rings is 1. The molecule has 18 heavy (non-hydrogen) atoms. The minimum atomic E-state index is -0.155. The maximum Gasteiger partial charge on any atom is 0.141 e. The van der Waals surface area contributed by atoms with Crippen LogP contribution in [0.1, 0.15) is 56.8 Å². The third kappa shape index (κ3) is 2.90. The lowest BCUT2D eigenvalue weighted by atomic mass is 9.98. The smallest absolute Gasteiger partial charge is 0.141 e. The highest BCUT2D eigenvalue weighted by Crippen LogP contribution is 2.30. The van der Waals surface area contributed by atoms with Gasteiger partial charge < -0.3 is 0 Å². The topological polar surface area (TPSA) is 39.9 Å². The summed E-state index contributed by atoms with van der Waals surface area (Å²) in [7, 11) is 0. The van der Waals surface area contributed by atoms with Gasteiger partial charge in [-0.2, -0.15) is 5.26 Å². The third-order valence-corrected chi connectivity index (χ3v) is 4.61.